The number of anilines is 1. The summed E-state index contributed by atoms with van der Waals surface area (Å²) in [6.45, 7) is 8.14. The Morgan fingerprint density at radius 3 is 2.24 bits per heavy atom. The van der Waals surface area contributed by atoms with Gasteiger partial charge in [0.25, 0.3) is 11.8 Å². The topological polar surface area (TPSA) is 71.4 Å². The fourth-order valence-corrected chi connectivity index (χ4v) is 4.14. The Bertz CT molecular complexity index is 1250. The van der Waals surface area contributed by atoms with E-state index < -0.39 is 17.8 Å². The summed E-state index contributed by atoms with van der Waals surface area (Å²) in [6.07, 6.45) is 2.55. The van der Waals surface area contributed by atoms with Gasteiger partial charge in [-0.15, -0.1) is 0 Å². The van der Waals surface area contributed by atoms with Crippen molar-refractivity contribution in [2.24, 2.45) is 0 Å². The van der Waals surface area contributed by atoms with Gasteiger partial charge >= 0.3 is 6.03 Å². The van der Waals surface area contributed by atoms with E-state index in [9.17, 15) is 14.4 Å². The maximum absolute atomic E-state index is 13.3. The van der Waals surface area contributed by atoms with Crippen molar-refractivity contribution in [2.45, 2.75) is 40.0 Å². The standard InChI is InChI=1S/C27H27N3O3/c1-5-17(2)20-11-13-23(14-12-20)30-26(32)24(25(31)28-27(30)33)16-21-15-18(3)29(19(21)4)22-9-7-6-8-10-22/h6-17H,5H2,1-4H3,(H,28,31,33)/b24-16+/t17-/m0/s1. The molecule has 0 radical (unpaired) electrons. The second-order valence-corrected chi connectivity index (χ2v) is 8.36. The fourth-order valence-electron chi connectivity index (χ4n) is 4.14. The zero-order chi connectivity index (χ0) is 23.7. The molecule has 33 heavy (non-hydrogen) atoms. The number of nitrogens with zero attached hydrogens (tertiary/aromatic N) is 2. The number of aryl methyl sites for hydroxylation is 1. The van der Waals surface area contributed by atoms with Gasteiger partial charge in [0.15, 0.2) is 0 Å². The summed E-state index contributed by atoms with van der Waals surface area (Å²) in [5.41, 5.74) is 5.10. The molecule has 4 amide bonds. The first-order valence-corrected chi connectivity index (χ1v) is 11.1. The summed E-state index contributed by atoms with van der Waals surface area (Å²) in [5.74, 6) is -0.951. The highest BCUT2D eigenvalue weighted by atomic mass is 16.2. The van der Waals surface area contributed by atoms with Crippen LogP contribution < -0.4 is 10.2 Å². The normalized spacial score (nSPS) is 16.3. The van der Waals surface area contributed by atoms with Gasteiger partial charge < -0.3 is 4.57 Å². The van der Waals surface area contributed by atoms with Crippen molar-refractivity contribution in [1.82, 2.24) is 9.88 Å². The number of nitrogens with one attached hydrogen (secondary N) is 1. The minimum absolute atomic E-state index is 0.0751. The van der Waals surface area contributed by atoms with Crippen LogP contribution in [0.25, 0.3) is 11.8 Å². The molecule has 3 aromatic rings. The Kier molecular flexibility index (Phi) is 6.01. The lowest BCUT2D eigenvalue weighted by molar-refractivity contribution is -0.122. The third-order valence-corrected chi connectivity index (χ3v) is 6.22. The van der Waals surface area contributed by atoms with Gasteiger partial charge in [0.2, 0.25) is 0 Å². The average Bonchev–Trinajstić information content (AvgIpc) is 3.09. The van der Waals surface area contributed by atoms with Gasteiger partial charge in [-0.05, 0) is 73.7 Å². The number of imide groups is 2. The van der Waals surface area contributed by atoms with Gasteiger partial charge in [0.05, 0.1) is 5.69 Å². The van der Waals surface area contributed by atoms with Crippen LogP contribution in [0.1, 0.15) is 48.7 Å². The first kappa shape index (κ1) is 22.3. The number of rotatable bonds is 5. The van der Waals surface area contributed by atoms with Gasteiger partial charge in [0.1, 0.15) is 5.57 Å². The third-order valence-electron chi connectivity index (χ3n) is 6.22. The average molecular weight is 442 g/mol. The summed E-state index contributed by atoms with van der Waals surface area (Å²) in [7, 11) is 0. The highest BCUT2D eigenvalue weighted by Crippen LogP contribution is 2.27. The van der Waals surface area contributed by atoms with Gasteiger partial charge in [-0.25, -0.2) is 9.69 Å². The molecule has 2 heterocycles. The zero-order valence-electron chi connectivity index (χ0n) is 19.3. The lowest BCUT2D eigenvalue weighted by atomic mass is 9.98. The molecular weight excluding hydrogens is 414 g/mol. The smallest absolute Gasteiger partial charge is 0.318 e. The lowest BCUT2D eigenvalue weighted by Gasteiger charge is -2.26. The number of benzene rings is 2. The second kappa shape index (κ2) is 8.90. The number of amides is 4. The van der Waals surface area contributed by atoms with Crippen molar-refractivity contribution < 1.29 is 14.4 Å². The second-order valence-electron chi connectivity index (χ2n) is 8.36. The first-order chi connectivity index (χ1) is 15.8. The van der Waals surface area contributed by atoms with E-state index in [1.54, 1.807) is 18.2 Å². The molecule has 1 aliphatic heterocycles. The van der Waals surface area contributed by atoms with E-state index in [-0.39, 0.29) is 5.57 Å². The summed E-state index contributed by atoms with van der Waals surface area (Å²) in [4.78, 5) is 39.4. The van der Waals surface area contributed by atoms with Crippen LogP contribution in [0.3, 0.4) is 0 Å². The molecule has 1 atom stereocenters. The van der Waals surface area contributed by atoms with Crippen LogP contribution in [0.4, 0.5) is 10.5 Å². The number of hydrogen-bond acceptors (Lipinski definition) is 3. The van der Waals surface area contributed by atoms with Crippen LogP contribution in [0.2, 0.25) is 0 Å². The van der Waals surface area contributed by atoms with E-state index >= 15 is 0 Å². The lowest BCUT2D eigenvalue weighted by Crippen LogP contribution is -2.54. The molecule has 1 aromatic heterocycles. The number of urea groups is 1. The molecule has 1 saturated heterocycles. The molecule has 0 saturated carbocycles. The van der Waals surface area contributed by atoms with E-state index in [4.69, 9.17) is 0 Å². The van der Waals surface area contributed by atoms with Crippen molar-refractivity contribution in [3.05, 3.63) is 88.8 Å². The minimum Gasteiger partial charge on any atom is -0.318 e. The Balaban J connectivity index is 1.71. The fraction of sp³-hybridized carbons (Fsp3) is 0.222. The molecular formula is C27H27N3O3. The number of barbiturate groups is 1. The number of hydrogen-bond donors (Lipinski definition) is 1. The van der Waals surface area contributed by atoms with Crippen molar-refractivity contribution >= 4 is 29.6 Å². The molecule has 2 aromatic carbocycles. The molecule has 1 aliphatic rings. The zero-order valence-corrected chi connectivity index (χ0v) is 19.3. The first-order valence-electron chi connectivity index (χ1n) is 11.1. The quantitative estimate of drug-likeness (QED) is 0.433. The van der Waals surface area contributed by atoms with E-state index in [2.05, 4.69) is 23.7 Å². The Morgan fingerprint density at radius 2 is 1.61 bits per heavy atom. The van der Waals surface area contributed by atoms with Crippen LogP contribution in [0.5, 0.6) is 0 Å². The van der Waals surface area contributed by atoms with Crippen LogP contribution in [-0.2, 0) is 9.59 Å². The minimum atomic E-state index is -0.742. The summed E-state index contributed by atoms with van der Waals surface area (Å²) < 4.78 is 2.06. The molecule has 1 N–H and O–H groups in total. The molecule has 0 bridgehead atoms. The summed E-state index contributed by atoms with van der Waals surface area (Å²) in [5, 5.41) is 2.30. The van der Waals surface area contributed by atoms with Crippen LogP contribution in [0, 0.1) is 13.8 Å². The highest BCUT2D eigenvalue weighted by molar-refractivity contribution is 6.39. The Hall–Kier alpha value is -3.93. The van der Waals surface area contributed by atoms with Gasteiger partial charge in [-0.1, -0.05) is 44.2 Å². The van der Waals surface area contributed by atoms with E-state index in [0.717, 1.165) is 39.5 Å². The molecule has 0 aliphatic carbocycles. The molecule has 0 spiro atoms. The molecule has 1 fully saturated rings. The van der Waals surface area contributed by atoms with Gasteiger partial charge in [-0.2, -0.15) is 0 Å². The van der Waals surface area contributed by atoms with E-state index in [0.29, 0.717) is 11.6 Å². The van der Waals surface area contributed by atoms with Crippen LogP contribution >= 0.6 is 0 Å². The number of carbonyl (C=O) groups is 3. The molecule has 168 valence electrons. The maximum Gasteiger partial charge on any atom is 0.335 e. The maximum atomic E-state index is 13.3. The summed E-state index contributed by atoms with van der Waals surface area (Å²) in [6, 6.07) is 18.4. The Morgan fingerprint density at radius 1 is 0.939 bits per heavy atom. The molecule has 0 unspecified atom stereocenters. The van der Waals surface area contributed by atoms with Gasteiger partial charge in [-0.3, -0.25) is 14.9 Å². The SMILES string of the molecule is CC[C@H](C)c1ccc(N2C(=O)NC(=O)/C(=C\c3cc(C)n(-c4ccccc4)c3C)C2=O)cc1. The molecule has 6 heteroatoms. The number of para-hydroxylation sites is 1. The number of carbonyl (C=O) groups excluding carboxylic acids is 3. The van der Waals surface area contributed by atoms with Crippen LogP contribution in [-0.4, -0.2) is 22.4 Å². The van der Waals surface area contributed by atoms with Crippen molar-refractivity contribution in [1.29, 1.82) is 0 Å². The van der Waals surface area contributed by atoms with Gasteiger partial charge in [0, 0.05) is 17.1 Å². The van der Waals surface area contributed by atoms with E-state index in [1.165, 1.54) is 0 Å². The van der Waals surface area contributed by atoms with E-state index in [1.807, 2.05) is 62.4 Å². The van der Waals surface area contributed by atoms with Crippen molar-refractivity contribution in [3.63, 3.8) is 0 Å². The van der Waals surface area contributed by atoms with Crippen molar-refractivity contribution in [3.8, 4) is 5.69 Å². The van der Waals surface area contributed by atoms with Crippen LogP contribution in [0.15, 0.2) is 66.2 Å². The Labute approximate surface area is 193 Å². The predicted octanol–water partition coefficient (Wildman–Crippen LogP) is 5.27. The van der Waals surface area contributed by atoms with Crippen molar-refractivity contribution in [2.75, 3.05) is 4.90 Å². The molecule has 6 nitrogen and oxygen atoms in total. The largest absolute Gasteiger partial charge is 0.335 e. The highest BCUT2D eigenvalue weighted by Gasteiger charge is 2.37. The predicted molar refractivity (Wildman–Crippen MR) is 129 cm³/mol. The monoisotopic (exact) mass is 441 g/mol. The summed E-state index contributed by atoms with van der Waals surface area (Å²) >= 11 is 0. The third kappa shape index (κ3) is 4.12. The number of aromatic nitrogens is 1. The molecule has 4 rings (SSSR count).